The van der Waals surface area contributed by atoms with Gasteiger partial charge in [0.2, 0.25) is 0 Å². The highest BCUT2D eigenvalue weighted by molar-refractivity contribution is 9.11. The summed E-state index contributed by atoms with van der Waals surface area (Å²) in [6.45, 7) is 2.01. The molecule has 1 aromatic rings. The lowest BCUT2D eigenvalue weighted by Gasteiger charge is -2.16. The van der Waals surface area contributed by atoms with Crippen LogP contribution in [0.5, 0.6) is 0 Å². The molecular formula is C11H17BrO2S. The zero-order valence-corrected chi connectivity index (χ0v) is 11.2. The second-order valence-corrected chi connectivity index (χ2v) is 6.22. The monoisotopic (exact) mass is 292 g/mol. The van der Waals surface area contributed by atoms with Crippen LogP contribution in [0.3, 0.4) is 0 Å². The maximum absolute atomic E-state index is 9.66. The van der Waals surface area contributed by atoms with Crippen molar-refractivity contribution < 1.29 is 10.2 Å². The molecule has 0 amide bonds. The van der Waals surface area contributed by atoms with E-state index in [4.69, 9.17) is 0 Å². The van der Waals surface area contributed by atoms with Crippen molar-refractivity contribution in [1.82, 2.24) is 0 Å². The van der Waals surface area contributed by atoms with E-state index in [1.807, 2.05) is 19.1 Å². The van der Waals surface area contributed by atoms with E-state index in [0.717, 1.165) is 16.6 Å². The van der Waals surface area contributed by atoms with Gasteiger partial charge in [-0.1, -0.05) is 13.3 Å². The van der Waals surface area contributed by atoms with Crippen molar-refractivity contribution in [1.29, 1.82) is 0 Å². The summed E-state index contributed by atoms with van der Waals surface area (Å²) >= 11 is 5.08. The summed E-state index contributed by atoms with van der Waals surface area (Å²) in [6.07, 6.45) is 1.88. The molecule has 0 spiro atoms. The van der Waals surface area contributed by atoms with E-state index in [1.54, 1.807) is 11.3 Å². The standard InChI is InChI=1S/C11H17BrO2S/c1-2-3-9(13)10(14)6-4-8-5-7-11(12)15-8/h5,7,9-10,13-14H,2-4,6H2,1H3. The van der Waals surface area contributed by atoms with E-state index in [2.05, 4.69) is 15.9 Å². The van der Waals surface area contributed by atoms with E-state index in [1.165, 1.54) is 4.88 Å². The van der Waals surface area contributed by atoms with Crippen molar-refractivity contribution in [2.45, 2.75) is 44.8 Å². The molecule has 2 unspecified atom stereocenters. The zero-order valence-electron chi connectivity index (χ0n) is 8.82. The highest BCUT2D eigenvalue weighted by Gasteiger charge is 2.15. The summed E-state index contributed by atoms with van der Waals surface area (Å²) in [5.74, 6) is 0. The lowest BCUT2D eigenvalue weighted by Crippen LogP contribution is -2.25. The molecule has 0 aliphatic carbocycles. The Balaban J connectivity index is 2.30. The van der Waals surface area contributed by atoms with Crippen LogP contribution < -0.4 is 0 Å². The third-order valence-electron chi connectivity index (χ3n) is 2.34. The number of aliphatic hydroxyl groups is 2. The molecule has 0 aliphatic rings. The van der Waals surface area contributed by atoms with Gasteiger partial charge in [-0.2, -0.15) is 0 Å². The topological polar surface area (TPSA) is 40.5 Å². The van der Waals surface area contributed by atoms with E-state index in [9.17, 15) is 10.2 Å². The van der Waals surface area contributed by atoms with Gasteiger partial charge < -0.3 is 10.2 Å². The van der Waals surface area contributed by atoms with Crippen LogP contribution in [0.2, 0.25) is 0 Å². The fourth-order valence-electron chi connectivity index (χ4n) is 1.46. The Labute approximate surface area is 103 Å². The van der Waals surface area contributed by atoms with E-state index < -0.39 is 12.2 Å². The number of aryl methyl sites for hydroxylation is 1. The minimum absolute atomic E-state index is 0.571. The van der Waals surface area contributed by atoms with Crippen molar-refractivity contribution in [3.63, 3.8) is 0 Å². The lowest BCUT2D eigenvalue weighted by molar-refractivity contribution is 0.00991. The Morgan fingerprint density at radius 3 is 2.47 bits per heavy atom. The summed E-state index contributed by atoms with van der Waals surface area (Å²) in [5.41, 5.74) is 0. The average molecular weight is 293 g/mol. The second-order valence-electron chi connectivity index (χ2n) is 3.67. The van der Waals surface area contributed by atoms with Gasteiger partial charge in [0.1, 0.15) is 0 Å². The molecule has 0 bridgehead atoms. The lowest BCUT2D eigenvalue weighted by atomic mass is 10.0. The molecule has 1 heterocycles. The van der Waals surface area contributed by atoms with Crippen molar-refractivity contribution in [3.05, 3.63) is 20.8 Å². The molecule has 2 nitrogen and oxygen atoms in total. The van der Waals surface area contributed by atoms with E-state index in [-0.39, 0.29) is 0 Å². The minimum atomic E-state index is -0.592. The highest BCUT2D eigenvalue weighted by Crippen LogP contribution is 2.23. The predicted molar refractivity (Wildman–Crippen MR) is 67.3 cm³/mol. The van der Waals surface area contributed by atoms with Crippen LogP contribution in [-0.4, -0.2) is 22.4 Å². The summed E-state index contributed by atoms with van der Waals surface area (Å²) in [5, 5.41) is 19.2. The Bertz CT molecular complexity index is 288. The van der Waals surface area contributed by atoms with Gasteiger partial charge in [0.05, 0.1) is 16.0 Å². The Morgan fingerprint density at radius 1 is 1.27 bits per heavy atom. The third kappa shape index (κ3) is 4.64. The fraction of sp³-hybridized carbons (Fsp3) is 0.636. The fourth-order valence-corrected chi connectivity index (χ4v) is 2.96. The molecule has 2 N–H and O–H groups in total. The minimum Gasteiger partial charge on any atom is -0.390 e. The van der Waals surface area contributed by atoms with Crippen LogP contribution in [0.4, 0.5) is 0 Å². The molecule has 2 atom stereocenters. The normalized spacial score (nSPS) is 15.2. The molecule has 1 aromatic heterocycles. The van der Waals surface area contributed by atoms with Crippen molar-refractivity contribution in [3.8, 4) is 0 Å². The van der Waals surface area contributed by atoms with Crippen LogP contribution >= 0.6 is 27.3 Å². The molecule has 0 saturated carbocycles. The van der Waals surface area contributed by atoms with Crippen molar-refractivity contribution >= 4 is 27.3 Å². The van der Waals surface area contributed by atoms with Gasteiger partial charge in [-0.25, -0.2) is 0 Å². The van der Waals surface area contributed by atoms with Crippen molar-refractivity contribution in [2.75, 3.05) is 0 Å². The zero-order chi connectivity index (χ0) is 11.3. The highest BCUT2D eigenvalue weighted by atomic mass is 79.9. The van der Waals surface area contributed by atoms with Crippen LogP contribution in [0, 0.1) is 0 Å². The summed E-state index contributed by atoms with van der Waals surface area (Å²) < 4.78 is 1.11. The number of aliphatic hydroxyl groups excluding tert-OH is 2. The van der Waals surface area contributed by atoms with Crippen molar-refractivity contribution in [2.24, 2.45) is 0 Å². The SMILES string of the molecule is CCCC(O)C(O)CCc1ccc(Br)s1. The van der Waals surface area contributed by atoms with Crippen LogP contribution in [0.25, 0.3) is 0 Å². The first-order valence-corrected chi connectivity index (χ1v) is 6.84. The number of hydrogen-bond donors (Lipinski definition) is 2. The molecule has 0 aliphatic heterocycles. The first-order chi connectivity index (χ1) is 7.13. The maximum atomic E-state index is 9.66. The first-order valence-electron chi connectivity index (χ1n) is 5.23. The molecule has 0 radical (unpaired) electrons. The molecule has 1 rings (SSSR count). The molecule has 4 heteroatoms. The smallest absolute Gasteiger partial charge is 0.0802 e. The number of hydrogen-bond acceptors (Lipinski definition) is 3. The van der Waals surface area contributed by atoms with Gasteiger partial charge in [-0.05, 0) is 47.3 Å². The summed E-state index contributed by atoms with van der Waals surface area (Å²) in [6, 6.07) is 4.06. The van der Waals surface area contributed by atoms with E-state index >= 15 is 0 Å². The Kier molecular flexibility index (Phi) is 5.82. The number of thiophene rings is 1. The van der Waals surface area contributed by atoms with Gasteiger partial charge >= 0.3 is 0 Å². The summed E-state index contributed by atoms with van der Waals surface area (Å²) in [7, 11) is 0. The molecule has 15 heavy (non-hydrogen) atoms. The molecule has 0 saturated heterocycles. The summed E-state index contributed by atoms with van der Waals surface area (Å²) in [4.78, 5) is 1.24. The van der Waals surface area contributed by atoms with Gasteiger partial charge in [-0.15, -0.1) is 11.3 Å². The molecular weight excluding hydrogens is 276 g/mol. The predicted octanol–water partition coefficient (Wildman–Crippen LogP) is 2.97. The van der Waals surface area contributed by atoms with Gasteiger partial charge in [0, 0.05) is 4.88 Å². The van der Waals surface area contributed by atoms with Gasteiger partial charge in [0.25, 0.3) is 0 Å². The van der Waals surface area contributed by atoms with Gasteiger partial charge in [0.15, 0.2) is 0 Å². The second kappa shape index (κ2) is 6.63. The first kappa shape index (κ1) is 13.2. The Hall–Kier alpha value is 0.1000. The quantitative estimate of drug-likeness (QED) is 0.846. The van der Waals surface area contributed by atoms with Crippen LogP contribution in [0.15, 0.2) is 15.9 Å². The average Bonchev–Trinajstić information content (AvgIpc) is 2.61. The largest absolute Gasteiger partial charge is 0.390 e. The Morgan fingerprint density at radius 2 is 1.93 bits per heavy atom. The maximum Gasteiger partial charge on any atom is 0.0802 e. The van der Waals surface area contributed by atoms with E-state index in [0.29, 0.717) is 12.8 Å². The number of halogens is 1. The van der Waals surface area contributed by atoms with Gasteiger partial charge in [-0.3, -0.25) is 0 Å². The third-order valence-corrected chi connectivity index (χ3v) is 4.03. The molecule has 0 fully saturated rings. The van der Waals surface area contributed by atoms with Crippen LogP contribution in [0.1, 0.15) is 31.1 Å². The molecule has 86 valence electrons. The molecule has 0 aromatic carbocycles. The van der Waals surface area contributed by atoms with Crippen LogP contribution in [-0.2, 0) is 6.42 Å². The number of rotatable bonds is 6.